The highest BCUT2D eigenvalue weighted by Crippen LogP contribution is 2.39. The van der Waals surface area contributed by atoms with E-state index in [2.05, 4.69) is 31.2 Å². The van der Waals surface area contributed by atoms with Crippen LogP contribution in [-0.2, 0) is 21.5 Å². The van der Waals surface area contributed by atoms with E-state index in [1.165, 1.54) is 11.1 Å². The van der Waals surface area contributed by atoms with E-state index in [0.29, 0.717) is 0 Å². The van der Waals surface area contributed by atoms with Crippen LogP contribution in [0.4, 0.5) is 0 Å². The van der Waals surface area contributed by atoms with Gasteiger partial charge in [0.05, 0.1) is 6.10 Å². The Morgan fingerprint density at radius 1 is 1.27 bits per heavy atom. The van der Waals surface area contributed by atoms with Gasteiger partial charge in [-0.2, -0.15) is 0 Å². The lowest BCUT2D eigenvalue weighted by atomic mass is 9.78. The number of fused-ring (bicyclic) bond motifs is 1. The van der Waals surface area contributed by atoms with Crippen LogP contribution in [0.25, 0.3) is 0 Å². The molecule has 0 bridgehead atoms. The van der Waals surface area contributed by atoms with Gasteiger partial charge in [0.2, 0.25) is 0 Å². The van der Waals surface area contributed by atoms with Gasteiger partial charge in [0.15, 0.2) is 0 Å². The minimum atomic E-state index is -0.302. The van der Waals surface area contributed by atoms with Crippen molar-refractivity contribution >= 4 is 0 Å². The summed E-state index contributed by atoms with van der Waals surface area (Å²) in [5.74, 6) is 0. The first kappa shape index (κ1) is 10.7. The Morgan fingerprint density at radius 3 is 2.67 bits per heavy atom. The van der Waals surface area contributed by atoms with Crippen molar-refractivity contribution in [2.24, 2.45) is 0 Å². The molecule has 1 aliphatic rings. The van der Waals surface area contributed by atoms with E-state index in [1.807, 2.05) is 0 Å². The van der Waals surface area contributed by atoms with E-state index in [-0.39, 0.29) is 11.7 Å². The topological polar surface area (TPSA) is 18.5 Å². The lowest BCUT2D eigenvalue weighted by Crippen LogP contribution is -2.43. The Labute approximate surface area is 91.2 Å². The molecule has 1 aromatic carbocycles. The Hall–Kier alpha value is -0.860. The van der Waals surface area contributed by atoms with Crippen LogP contribution in [0.2, 0.25) is 0 Å². The monoisotopic (exact) mass is 206 g/mol. The minimum Gasteiger partial charge on any atom is -0.378 e. The average Bonchev–Trinajstić information content (AvgIpc) is 2.30. The summed E-state index contributed by atoms with van der Waals surface area (Å²) in [6, 6.07) is 8.47. The van der Waals surface area contributed by atoms with E-state index in [4.69, 9.17) is 9.47 Å². The number of ether oxygens (including phenoxy) is 2. The smallest absolute Gasteiger partial charge is 0.116 e. The molecule has 0 aliphatic heterocycles. The van der Waals surface area contributed by atoms with E-state index >= 15 is 0 Å². The number of hydrogen-bond acceptors (Lipinski definition) is 2. The van der Waals surface area contributed by atoms with Gasteiger partial charge >= 0.3 is 0 Å². The Balaban J connectivity index is 2.48. The van der Waals surface area contributed by atoms with E-state index in [0.717, 1.165) is 12.8 Å². The molecule has 2 atom stereocenters. The molecule has 0 aromatic heterocycles. The molecule has 0 unspecified atom stereocenters. The molecular formula is C13H18O2. The summed E-state index contributed by atoms with van der Waals surface area (Å²) in [6.45, 7) is 2.11. The molecule has 0 fully saturated rings. The molecule has 0 heterocycles. The van der Waals surface area contributed by atoms with Gasteiger partial charge in [0, 0.05) is 14.2 Å². The second-order valence-corrected chi connectivity index (χ2v) is 4.23. The molecule has 0 spiro atoms. The van der Waals surface area contributed by atoms with Crippen LogP contribution in [0.15, 0.2) is 24.3 Å². The van der Waals surface area contributed by atoms with Crippen molar-refractivity contribution in [2.45, 2.75) is 31.5 Å². The highest BCUT2D eigenvalue weighted by atomic mass is 16.5. The maximum atomic E-state index is 5.68. The Kier molecular flexibility index (Phi) is 2.81. The van der Waals surface area contributed by atoms with Crippen LogP contribution in [-0.4, -0.2) is 20.3 Å². The molecule has 0 amide bonds. The van der Waals surface area contributed by atoms with Crippen molar-refractivity contribution in [3.05, 3.63) is 35.4 Å². The maximum Gasteiger partial charge on any atom is 0.116 e. The summed E-state index contributed by atoms with van der Waals surface area (Å²) < 4.78 is 11.2. The first-order valence-corrected chi connectivity index (χ1v) is 5.38. The standard InChI is InChI=1S/C13H18O2/c1-13(15-3)11-7-5-4-6-10(11)8-9-12(13)14-2/h4-7,12H,8-9H2,1-3H3/t12-,13+/m1/s1. The molecule has 0 saturated carbocycles. The van der Waals surface area contributed by atoms with Crippen LogP contribution < -0.4 is 0 Å². The molecule has 82 valence electrons. The average molecular weight is 206 g/mol. The Morgan fingerprint density at radius 2 is 2.00 bits per heavy atom. The van der Waals surface area contributed by atoms with Crippen molar-refractivity contribution in [3.63, 3.8) is 0 Å². The van der Waals surface area contributed by atoms with Crippen LogP contribution in [0.1, 0.15) is 24.5 Å². The van der Waals surface area contributed by atoms with Gasteiger partial charge in [0.25, 0.3) is 0 Å². The highest BCUT2D eigenvalue weighted by Gasteiger charge is 2.40. The van der Waals surface area contributed by atoms with Gasteiger partial charge in [-0.3, -0.25) is 0 Å². The van der Waals surface area contributed by atoms with Gasteiger partial charge in [-0.15, -0.1) is 0 Å². The quantitative estimate of drug-likeness (QED) is 0.740. The summed E-state index contributed by atoms with van der Waals surface area (Å²) in [4.78, 5) is 0. The van der Waals surface area contributed by atoms with Gasteiger partial charge < -0.3 is 9.47 Å². The number of methoxy groups -OCH3 is 2. The van der Waals surface area contributed by atoms with Crippen LogP contribution in [0.5, 0.6) is 0 Å². The number of rotatable bonds is 2. The SMILES string of the molecule is CO[C@@H]1CCc2ccccc2[C@]1(C)OC. The van der Waals surface area contributed by atoms with E-state index < -0.39 is 0 Å². The fraction of sp³-hybridized carbons (Fsp3) is 0.538. The van der Waals surface area contributed by atoms with E-state index in [1.54, 1.807) is 14.2 Å². The molecule has 1 aliphatic carbocycles. The summed E-state index contributed by atoms with van der Waals surface area (Å²) in [5.41, 5.74) is 2.35. The molecule has 0 N–H and O–H groups in total. The summed E-state index contributed by atoms with van der Waals surface area (Å²) >= 11 is 0. The molecule has 0 saturated heterocycles. The number of hydrogen-bond donors (Lipinski definition) is 0. The zero-order valence-corrected chi connectivity index (χ0v) is 9.62. The van der Waals surface area contributed by atoms with Crippen molar-refractivity contribution in [1.29, 1.82) is 0 Å². The first-order chi connectivity index (χ1) is 7.22. The largest absolute Gasteiger partial charge is 0.378 e. The lowest BCUT2D eigenvalue weighted by Gasteiger charge is -2.40. The molecule has 2 rings (SSSR count). The van der Waals surface area contributed by atoms with Crippen molar-refractivity contribution in [3.8, 4) is 0 Å². The summed E-state index contributed by atoms with van der Waals surface area (Å²) in [7, 11) is 3.52. The number of aryl methyl sites for hydroxylation is 1. The second kappa shape index (κ2) is 3.95. The van der Waals surface area contributed by atoms with Crippen LogP contribution in [0.3, 0.4) is 0 Å². The first-order valence-electron chi connectivity index (χ1n) is 5.38. The molecule has 2 heteroatoms. The fourth-order valence-corrected chi connectivity index (χ4v) is 2.54. The zero-order valence-electron chi connectivity index (χ0n) is 9.62. The zero-order chi connectivity index (χ0) is 10.9. The molecule has 2 nitrogen and oxygen atoms in total. The van der Waals surface area contributed by atoms with Gasteiger partial charge in [-0.25, -0.2) is 0 Å². The van der Waals surface area contributed by atoms with Crippen molar-refractivity contribution < 1.29 is 9.47 Å². The van der Waals surface area contributed by atoms with Crippen LogP contribution in [0, 0.1) is 0 Å². The second-order valence-electron chi connectivity index (χ2n) is 4.23. The highest BCUT2D eigenvalue weighted by molar-refractivity contribution is 5.35. The third kappa shape index (κ3) is 1.58. The lowest BCUT2D eigenvalue weighted by molar-refractivity contribution is -0.120. The fourth-order valence-electron chi connectivity index (χ4n) is 2.54. The molecular weight excluding hydrogens is 188 g/mol. The van der Waals surface area contributed by atoms with E-state index in [9.17, 15) is 0 Å². The van der Waals surface area contributed by atoms with Crippen LogP contribution >= 0.6 is 0 Å². The van der Waals surface area contributed by atoms with Gasteiger partial charge in [0.1, 0.15) is 5.60 Å². The number of benzene rings is 1. The van der Waals surface area contributed by atoms with Crippen molar-refractivity contribution in [1.82, 2.24) is 0 Å². The van der Waals surface area contributed by atoms with Gasteiger partial charge in [-0.05, 0) is 30.9 Å². The predicted molar refractivity (Wildman–Crippen MR) is 59.9 cm³/mol. The van der Waals surface area contributed by atoms with Gasteiger partial charge in [-0.1, -0.05) is 24.3 Å². The third-order valence-corrected chi connectivity index (χ3v) is 3.55. The molecule has 1 aromatic rings. The summed E-state index contributed by atoms with van der Waals surface area (Å²) in [6.07, 6.45) is 2.25. The maximum absolute atomic E-state index is 5.68. The summed E-state index contributed by atoms with van der Waals surface area (Å²) in [5, 5.41) is 0. The molecule has 15 heavy (non-hydrogen) atoms. The minimum absolute atomic E-state index is 0.150. The Bertz CT molecular complexity index is 348. The predicted octanol–water partition coefficient (Wildman–Crippen LogP) is 2.51. The molecule has 0 radical (unpaired) electrons. The third-order valence-electron chi connectivity index (χ3n) is 3.55. The normalized spacial score (nSPS) is 29.9. The van der Waals surface area contributed by atoms with Crippen molar-refractivity contribution in [2.75, 3.05) is 14.2 Å².